The van der Waals surface area contributed by atoms with Crippen LogP contribution >= 0.6 is 0 Å². The number of nitrogen functional groups attached to an aromatic ring is 1. The second-order valence-corrected chi connectivity index (χ2v) is 3.07. The molecule has 0 aliphatic heterocycles. The molecule has 0 spiro atoms. The minimum atomic E-state index is -0.205. The van der Waals surface area contributed by atoms with E-state index in [0.29, 0.717) is 23.8 Å². The summed E-state index contributed by atoms with van der Waals surface area (Å²) in [5.41, 5.74) is 6.46. The molecule has 0 bridgehead atoms. The molecule has 15 heavy (non-hydrogen) atoms. The van der Waals surface area contributed by atoms with Crippen molar-refractivity contribution in [3.8, 4) is 0 Å². The van der Waals surface area contributed by atoms with Gasteiger partial charge in [0.05, 0.1) is 6.54 Å². The van der Waals surface area contributed by atoms with Crippen molar-refractivity contribution in [2.75, 3.05) is 5.73 Å². The third kappa shape index (κ3) is 2.16. The van der Waals surface area contributed by atoms with E-state index in [-0.39, 0.29) is 5.91 Å². The number of hydrogen-bond acceptors (Lipinski definition) is 3. The number of nitrogens with two attached hydrogens (primary N) is 1. The summed E-state index contributed by atoms with van der Waals surface area (Å²) in [6.07, 6.45) is 4.91. The first-order valence-corrected chi connectivity index (χ1v) is 4.46. The summed E-state index contributed by atoms with van der Waals surface area (Å²) < 4.78 is 0. The lowest BCUT2D eigenvalue weighted by molar-refractivity contribution is 0.0945. The fourth-order valence-electron chi connectivity index (χ4n) is 1.20. The zero-order valence-corrected chi connectivity index (χ0v) is 7.95. The molecule has 0 radical (unpaired) electrons. The van der Waals surface area contributed by atoms with Gasteiger partial charge < -0.3 is 21.0 Å². The summed E-state index contributed by atoms with van der Waals surface area (Å²) in [5, 5.41) is 2.70. The van der Waals surface area contributed by atoms with Crippen LogP contribution in [0, 0.1) is 0 Å². The first-order valence-electron chi connectivity index (χ1n) is 4.46. The first kappa shape index (κ1) is 9.32. The summed E-state index contributed by atoms with van der Waals surface area (Å²) in [4.78, 5) is 21.2. The standard InChI is InChI=1S/C9H11N5O/c10-6-3-7(13-4-6)9(15)14-5-8-11-1-2-12-8/h1-4,13H,5,10H2,(H,11,12)(H,14,15). The van der Waals surface area contributed by atoms with Gasteiger partial charge in [0, 0.05) is 24.3 Å². The number of rotatable bonds is 3. The largest absolute Gasteiger partial charge is 0.397 e. The van der Waals surface area contributed by atoms with Gasteiger partial charge in [-0.15, -0.1) is 0 Å². The number of carbonyl (C=O) groups is 1. The summed E-state index contributed by atoms with van der Waals surface area (Å²) in [5.74, 6) is 0.506. The Labute approximate surface area is 85.9 Å². The van der Waals surface area contributed by atoms with E-state index >= 15 is 0 Å². The molecule has 0 aliphatic rings. The Bertz CT molecular complexity index is 445. The number of carbonyl (C=O) groups excluding carboxylic acids is 1. The second kappa shape index (κ2) is 3.87. The summed E-state index contributed by atoms with van der Waals surface area (Å²) in [7, 11) is 0. The molecule has 2 aromatic heterocycles. The lowest BCUT2D eigenvalue weighted by Gasteiger charge is -2.00. The number of imidazole rings is 1. The molecule has 2 rings (SSSR count). The van der Waals surface area contributed by atoms with Crippen molar-refractivity contribution in [1.29, 1.82) is 0 Å². The Morgan fingerprint density at radius 1 is 1.53 bits per heavy atom. The molecule has 78 valence electrons. The van der Waals surface area contributed by atoms with E-state index < -0.39 is 0 Å². The SMILES string of the molecule is Nc1c[nH]c(C(=O)NCc2ncc[nH]2)c1. The highest BCUT2D eigenvalue weighted by Gasteiger charge is 2.07. The molecule has 2 aromatic rings. The highest BCUT2D eigenvalue weighted by molar-refractivity contribution is 5.93. The number of nitrogens with one attached hydrogen (secondary N) is 3. The first-order chi connectivity index (χ1) is 7.25. The van der Waals surface area contributed by atoms with Gasteiger partial charge >= 0.3 is 0 Å². The smallest absolute Gasteiger partial charge is 0.268 e. The zero-order valence-electron chi connectivity index (χ0n) is 7.95. The Hall–Kier alpha value is -2.24. The molecular weight excluding hydrogens is 194 g/mol. The normalized spacial score (nSPS) is 10.1. The van der Waals surface area contributed by atoms with Gasteiger partial charge in [-0.05, 0) is 6.07 Å². The van der Waals surface area contributed by atoms with Crippen LogP contribution in [-0.2, 0) is 6.54 Å². The van der Waals surface area contributed by atoms with E-state index in [1.54, 1.807) is 24.7 Å². The van der Waals surface area contributed by atoms with Gasteiger partial charge in [0.1, 0.15) is 11.5 Å². The molecule has 0 saturated carbocycles. The number of aromatic nitrogens is 3. The number of anilines is 1. The van der Waals surface area contributed by atoms with Gasteiger partial charge in [-0.25, -0.2) is 4.98 Å². The van der Waals surface area contributed by atoms with E-state index in [1.807, 2.05) is 0 Å². The van der Waals surface area contributed by atoms with E-state index in [4.69, 9.17) is 5.73 Å². The van der Waals surface area contributed by atoms with Crippen LogP contribution < -0.4 is 11.1 Å². The van der Waals surface area contributed by atoms with E-state index in [0.717, 1.165) is 0 Å². The number of nitrogens with zero attached hydrogens (tertiary/aromatic N) is 1. The molecular formula is C9H11N5O. The highest BCUT2D eigenvalue weighted by atomic mass is 16.1. The van der Waals surface area contributed by atoms with Crippen molar-refractivity contribution in [3.05, 3.63) is 36.2 Å². The maximum Gasteiger partial charge on any atom is 0.268 e. The molecule has 6 heteroatoms. The Morgan fingerprint density at radius 3 is 3.00 bits per heavy atom. The van der Waals surface area contributed by atoms with Crippen LogP contribution in [0.25, 0.3) is 0 Å². The molecule has 1 amide bonds. The van der Waals surface area contributed by atoms with E-state index in [9.17, 15) is 4.79 Å². The maximum atomic E-state index is 11.5. The van der Waals surface area contributed by atoms with Crippen molar-refractivity contribution in [2.24, 2.45) is 0 Å². The van der Waals surface area contributed by atoms with Crippen molar-refractivity contribution >= 4 is 11.6 Å². The third-order valence-electron chi connectivity index (χ3n) is 1.92. The zero-order chi connectivity index (χ0) is 10.7. The number of amides is 1. The van der Waals surface area contributed by atoms with Crippen molar-refractivity contribution < 1.29 is 4.79 Å². The fraction of sp³-hybridized carbons (Fsp3) is 0.111. The van der Waals surface area contributed by atoms with Crippen LogP contribution in [0.1, 0.15) is 16.3 Å². The highest BCUT2D eigenvalue weighted by Crippen LogP contribution is 2.04. The minimum absolute atomic E-state index is 0.205. The molecule has 2 heterocycles. The quantitative estimate of drug-likeness (QED) is 0.578. The third-order valence-corrected chi connectivity index (χ3v) is 1.92. The van der Waals surface area contributed by atoms with Crippen molar-refractivity contribution in [3.63, 3.8) is 0 Å². The summed E-state index contributed by atoms with van der Waals surface area (Å²) in [6, 6.07) is 1.58. The molecule has 0 aromatic carbocycles. The summed E-state index contributed by atoms with van der Waals surface area (Å²) in [6.45, 7) is 0.366. The molecule has 0 unspecified atom stereocenters. The Kier molecular flexibility index (Phi) is 2.40. The van der Waals surface area contributed by atoms with Gasteiger partial charge in [-0.3, -0.25) is 4.79 Å². The van der Waals surface area contributed by atoms with Crippen LogP contribution in [0.3, 0.4) is 0 Å². The van der Waals surface area contributed by atoms with Gasteiger partial charge in [0.25, 0.3) is 5.91 Å². The van der Waals surface area contributed by atoms with Crippen LogP contribution in [0.15, 0.2) is 24.7 Å². The van der Waals surface area contributed by atoms with Crippen LogP contribution in [0.5, 0.6) is 0 Å². The van der Waals surface area contributed by atoms with Gasteiger partial charge in [-0.1, -0.05) is 0 Å². The minimum Gasteiger partial charge on any atom is -0.397 e. The Balaban J connectivity index is 1.93. The van der Waals surface area contributed by atoms with Crippen LogP contribution in [0.2, 0.25) is 0 Å². The molecule has 0 aliphatic carbocycles. The molecule has 0 atom stereocenters. The molecule has 5 N–H and O–H groups in total. The lowest BCUT2D eigenvalue weighted by atomic mass is 10.4. The van der Waals surface area contributed by atoms with Crippen LogP contribution in [0.4, 0.5) is 5.69 Å². The van der Waals surface area contributed by atoms with Gasteiger partial charge in [0.2, 0.25) is 0 Å². The second-order valence-electron chi connectivity index (χ2n) is 3.07. The molecule has 6 nitrogen and oxygen atoms in total. The van der Waals surface area contributed by atoms with Crippen molar-refractivity contribution in [1.82, 2.24) is 20.3 Å². The predicted molar refractivity (Wildman–Crippen MR) is 55.0 cm³/mol. The number of H-pyrrole nitrogens is 2. The van der Waals surface area contributed by atoms with Gasteiger partial charge in [0.15, 0.2) is 0 Å². The topological polar surface area (TPSA) is 99.6 Å². The van der Waals surface area contributed by atoms with E-state index in [1.165, 1.54) is 0 Å². The monoisotopic (exact) mass is 205 g/mol. The van der Waals surface area contributed by atoms with Gasteiger partial charge in [-0.2, -0.15) is 0 Å². The average molecular weight is 205 g/mol. The fourth-order valence-corrected chi connectivity index (χ4v) is 1.20. The van der Waals surface area contributed by atoms with Crippen LogP contribution in [-0.4, -0.2) is 20.9 Å². The molecule has 0 fully saturated rings. The lowest BCUT2D eigenvalue weighted by Crippen LogP contribution is -2.23. The number of hydrogen-bond donors (Lipinski definition) is 4. The molecule has 0 saturated heterocycles. The predicted octanol–water partition coefficient (Wildman–Crippen LogP) is 0.250. The Morgan fingerprint density at radius 2 is 2.40 bits per heavy atom. The average Bonchev–Trinajstić information content (AvgIpc) is 2.84. The van der Waals surface area contributed by atoms with Crippen molar-refractivity contribution in [2.45, 2.75) is 6.54 Å². The summed E-state index contributed by atoms with van der Waals surface area (Å²) >= 11 is 0. The van der Waals surface area contributed by atoms with E-state index in [2.05, 4.69) is 20.3 Å². The maximum absolute atomic E-state index is 11.5. The number of aromatic amines is 2.